The van der Waals surface area contributed by atoms with Gasteiger partial charge in [0.15, 0.2) is 0 Å². The van der Waals surface area contributed by atoms with E-state index in [1.54, 1.807) is 6.33 Å². The number of primary amides is 1. The number of carbonyl (C=O) groups is 1. The molecule has 2 atom stereocenters. The van der Waals surface area contributed by atoms with Gasteiger partial charge in [0.2, 0.25) is 5.91 Å². The maximum absolute atomic E-state index is 11.6. The van der Waals surface area contributed by atoms with Crippen LogP contribution in [0.25, 0.3) is 0 Å². The van der Waals surface area contributed by atoms with E-state index in [2.05, 4.69) is 17.0 Å². The van der Waals surface area contributed by atoms with E-state index in [9.17, 15) is 4.79 Å². The van der Waals surface area contributed by atoms with Gasteiger partial charge in [-0.3, -0.25) is 9.69 Å². The Hall–Kier alpha value is -1.47. The largest absolute Gasteiger partial charge is 0.375 e. The van der Waals surface area contributed by atoms with Crippen molar-refractivity contribution in [3.63, 3.8) is 0 Å². The lowest BCUT2D eigenvalue weighted by Gasteiger charge is -2.37. The number of nitrogens with two attached hydrogens (primary N) is 1. The molecule has 1 aromatic heterocycles. The first-order chi connectivity index (χ1) is 9.13. The molecule has 19 heavy (non-hydrogen) atoms. The molecule has 0 bridgehead atoms. The number of rotatable bonds is 5. The Labute approximate surface area is 112 Å². The Morgan fingerprint density at radius 1 is 1.63 bits per heavy atom. The highest BCUT2D eigenvalue weighted by Crippen LogP contribution is 2.16. The first kappa shape index (κ1) is 14.0. The zero-order chi connectivity index (χ0) is 13.8. The molecule has 1 aliphatic heterocycles. The summed E-state index contributed by atoms with van der Waals surface area (Å²) in [6.45, 7) is 6.65. The second-order valence-electron chi connectivity index (χ2n) is 4.79. The molecule has 0 aliphatic carbocycles. The van der Waals surface area contributed by atoms with Crippen molar-refractivity contribution in [1.82, 2.24) is 19.7 Å². The van der Waals surface area contributed by atoms with Crippen molar-refractivity contribution in [2.45, 2.75) is 45.5 Å². The van der Waals surface area contributed by atoms with E-state index < -0.39 is 6.04 Å². The molecular formula is C12H21N5O2. The lowest BCUT2D eigenvalue weighted by atomic mass is 10.1. The summed E-state index contributed by atoms with van der Waals surface area (Å²) < 4.78 is 7.37. The number of aryl methyl sites for hydroxylation is 1. The van der Waals surface area contributed by atoms with Gasteiger partial charge in [0.1, 0.15) is 18.2 Å². The molecule has 2 heterocycles. The Morgan fingerprint density at radius 2 is 2.42 bits per heavy atom. The molecule has 7 nitrogen and oxygen atoms in total. The van der Waals surface area contributed by atoms with E-state index in [0.717, 1.165) is 18.8 Å². The van der Waals surface area contributed by atoms with Crippen molar-refractivity contribution >= 4 is 5.91 Å². The Morgan fingerprint density at radius 3 is 3.11 bits per heavy atom. The standard InChI is InChI=1S/C12H21N5O2/c1-3-4-17-10(14-8-15-17)7-16-5-6-19-9(2)11(16)12(13)18/h8-9,11H,3-7H2,1-2H3,(H2,13,18)/t9-,11+/m1/s1. The zero-order valence-electron chi connectivity index (χ0n) is 11.5. The molecule has 0 aromatic carbocycles. The molecule has 1 fully saturated rings. The van der Waals surface area contributed by atoms with Crippen molar-refractivity contribution < 1.29 is 9.53 Å². The minimum atomic E-state index is -0.402. The number of hydrogen-bond donors (Lipinski definition) is 1. The number of aromatic nitrogens is 3. The van der Waals surface area contributed by atoms with Crippen LogP contribution < -0.4 is 5.73 Å². The molecule has 0 radical (unpaired) electrons. The topological polar surface area (TPSA) is 86.3 Å². The molecule has 2 rings (SSSR count). The number of morpholine rings is 1. The van der Waals surface area contributed by atoms with Crippen LogP contribution in [0, 0.1) is 0 Å². The van der Waals surface area contributed by atoms with Gasteiger partial charge >= 0.3 is 0 Å². The summed E-state index contributed by atoms with van der Waals surface area (Å²) in [6, 6.07) is -0.402. The molecule has 7 heteroatoms. The van der Waals surface area contributed by atoms with Gasteiger partial charge in [-0.1, -0.05) is 6.92 Å². The van der Waals surface area contributed by atoms with Crippen LogP contribution in [-0.4, -0.2) is 50.9 Å². The lowest BCUT2D eigenvalue weighted by Crippen LogP contribution is -2.56. The third kappa shape index (κ3) is 3.10. The summed E-state index contributed by atoms with van der Waals surface area (Å²) in [5.74, 6) is 0.510. The van der Waals surface area contributed by atoms with Gasteiger partial charge in [-0.05, 0) is 13.3 Å². The highest BCUT2D eigenvalue weighted by Gasteiger charge is 2.34. The number of nitrogens with zero attached hydrogens (tertiary/aromatic N) is 4. The lowest BCUT2D eigenvalue weighted by molar-refractivity contribution is -0.136. The van der Waals surface area contributed by atoms with Gasteiger partial charge in [0.05, 0.1) is 19.3 Å². The summed E-state index contributed by atoms with van der Waals surface area (Å²) in [7, 11) is 0. The summed E-state index contributed by atoms with van der Waals surface area (Å²) in [6.07, 6.45) is 2.36. The molecule has 0 unspecified atom stereocenters. The fourth-order valence-electron chi connectivity index (χ4n) is 2.46. The Kier molecular flexibility index (Phi) is 4.49. The second-order valence-corrected chi connectivity index (χ2v) is 4.79. The van der Waals surface area contributed by atoms with E-state index in [0.29, 0.717) is 19.7 Å². The van der Waals surface area contributed by atoms with Crippen LogP contribution in [0.3, 0.4) is 0 Å². The maximum Gasteiger partial charge on any atom is 0.237 e. The van der Waals surface area contributed by atoms with E-state index in [1.807, 2.05) is 16.5 Å². The van der Waals surface area contributed by atoms with Crippen LogP contribution in [-0.2, 0) is 22.6 Å². The van der Waals surface area contributed by atoms with Gasteiger partial charge in [-0.2, -0.15) is 5.10 Å². The average Bonchev–Trinajstić information content (AvgIpc) is 2.77. The second kappa shape index (κ2) is 6.12. The van der Waals surface area contributed by atoms with E-state index >= 15 is 0 Å². The van der Waals surface area contributed by atoms with Gasteiger partial charge in [0.25, 0.3) is 0 Å². The van der Waals surface area contributed by atoms with Crippen molar-refractivity contribution in [1.29, 1.82) is 0 Å². The fourth-order valence-corrected chi connectivity index (χ4v) is 2.46. The van der Waals surface area contributed by atoms with Crippen molar-refractivity contribution in [2.24, 2.45) is 5.73 Å². The number of carbonyl (C=O) groups excluding carboxylic acids is 1. The molecular weight excluding hydrogens is 246 g/mol. The third-order valence-corrected chi connectivity index (χ3v) is 3.36. The molecule has 1 amide bonds. The monoisotopic (exact) mass is 267 g/mol. The molecule has 106 valence electrons. The fraction of sp³-hybridized carbons (Fsp3) is 0.750. The summed E-state index contributed by atoms with van der Waals surface area (Å²) in [5.41, 5.74) is 5.47. The van der Waals surface area contributed by atoms with Crippen LogP contribution in [0.5, 0.6) is 0 Å². The van der Waals surface area contributed by atoms with Crippen LogP contribution in [0.2, 0.25) is 0 Å². The van der Waals surface area contributed by atoms with Crippen LogP contribution >= 0.6 is 0 Å². The molecule has 0 spiro atoms. The van der Waals surface area contributed by atoms with Gasteiger partial charge < -0.3 is 10.5 Å². The molecule has 2 N–H and O–H groups in total. The highest BCUT2D eigenvalue weighted by molar-refractivity contribution is 5.80. The Bertz CT molecular complexity index is 434. The molecule has 1 saturated heterocycles. The number of amides is 1. The number of ether oxygens (including phenoxy) is 1. The highest BCUT2D eigenvalue weighted by atomic mass is 16.5. The summed E-state index contributed by atoms with van der Waals surface area (Å²) in [5, 5.41) is 4.19. The first-order valence-electron chi connectivity index (χ1n) is 6.65. The summed E-state index contributed by atoms with van der Waals surface area (Å²) >= 11 is 0. The first-order valence-corrected chi connectivity index (χ1v) is 6.65. The number of hydrogen-bond acceptors (Lipinski definition) is 5. The third-order valence-electron chi connectivity index (χ3n) is 3.36. The maximum atomic E-state index is 11.6. The minimum absolute atomic E-state index is 0.186. The molecule has 1 aromatic rings. The van der Waals surface area contributed by atoms with Gasteiger partial charge in [0, 0.05) is 13.1 Å². The smallest absolute Gasteiger partial charge is 0.237 e. The predicted octanol–water partition coefficient (Wildman–Crippen LogP) is -0.237. The predicted molar refractivity (Wildman–Crippen MR) is 69.1 cm³/mol. The molecule has 1 aliphatic rings. The normalized spacial score (nSPS) is 24.5. The minimum Gasteiger partial charge on any atom is -0.375 e. The van der Waals surface area contributed by atoms with Gasteiger partial charge in [-0.15, -0.1) is 0 Å². The van der Waals surface area contributed by atoms with Gasteiger partial charge in [-0.25, -0.2) is 9.67 Å². The quantitative estimate of drug-likeness (QED) is 0.796. The van der Waals surface area contributed by atoms with Crippen LogP contribution in [0.4, 0.5) is 0 Å². The SMILES string of the molecule is CCCn1ncnc1CN1CCO[C@H](C)[C@H]1C(N)=O. The van der Waals surface area contributed by atoms with Crippen molar-refractivity contribution in [3.05, 3.63) is 12.2 Å². The van der Waals surface area contributed by atoms with Crippen molar-refractivity contribution in [3.8, 4) is 0 Å². The Balaban J connectivity index is 2.11. The zero-order valence-corrected chi connectivity index (χ0v) is 11.5. The van der Waals surface area contributed by atoms with Crippen LogP contribution in [0.15, 0.2) is 6.33 Å². The average molecular weight is 267 g/mol. The molecule has 0 saturated carbocycles. The van der Waals surface area contributed by atoms with Crippen molar-refractivity contribution in [2.75, 3.05) is 13.2 Å². The van der Waals surface area contributed by atoms with E-state index in [-0.39, 0.29) is 12.0 Å². The van der Waals surface area contributed by atoms with Crippen LogP contribution in [0.1, 0.15) is 26.1 Å². The van der Waals surface area contributed by atoms with E-state index in [4.69, 9.17) is 10.5 Å². The van der Waals surface area contributed by atoms with E-state index in [1.165, 1.54) is 0 Å². The summed E-state index contributed by atoms with van der Waals surface area (Å²) in [4.78, 5) is 17.9.